The Morgan fingerprint density at radius 3 is 2.81 bits per heavy atom. The molecule has 0 saturated carbocycles. The molecule has 3 heterocycles. The van der Waals surface area contributed by atoms with E-state index in [1.165, 1.54) is 16.7 Å². The van der Waals surface area contributed by atoms with E-state index in [9.17, 15) is 4.79 Å². The van der Waals surface area contributed by atoms with Crippen LogP contribution in [0.5, 0.6) is 0 Å². The number of aromatic nitrogens is 3. The molecule has 2 aromatic rings. The smallest absolute Gasteiger partial charge is 0.376 e. The van der Waals surface area contributed by atoms with Crippen molar-refractivity contribution in [1.29, 1.82) is 0 Å². The minimum Gasteiger partial charge on any atom is -0.460 e. The number of rotatable bonds is 4. The van der Waals surface area contributed by atoms with Gasteiger partial charge in [0.2, 0.25) is 5.82 Å². The highest BCUT2D eigenvalue weighted by Crippen LogP contribution is 2.32. The molecule has 0 saturated heterocycles. The molecule has 136 valence electrons. The molecule has 0 N–H and O–H groups in total. The molecule has 0 unspecified atom stereocenters. The third-order valence-corrected chi connectivity index (χ3v) is 5.13. The lowest BCUT2D eigenvalue weighted by Gasteiger charge is -2.30. The SMILES string of the molecule is CCOC(=O)c1nnc2n1CCCC1=C2CN(Cc2ccccc2)CC1. The van der Waals surface area contributed by atoms with Crippen LogP contribution in [-0.4, -0.2) is 45.3 Å². The Bertz CT molecular complexity index is 826. The number of fused-ring (bicyclic) bond motifs is 2. The van der Waals surface area contributed by atoms with Crippen LogP contribution in [0.3, 0.4) is 0 Å². The molecule has 1 aromatic heterocycles. The first-order valence-corrected chi connectivity index (χ1v) is 9.34. The lowest BCUT2D eigenvalue weighted by Crippen LogP contribution is -2.31. The van der Waals surface area contributed by atoms with Crippen LogP contribution in [0.4, 0.5) is 0 Å². The fourth-order valence-corrected chi connectivity index (χ4v) is 3.88. The lowest BCUT2D eigenvalue weighted by atomic mass is 9.96. The second kappa shape index (κ2) is 7.41. The first-order valence-electron chi connectivity index (χ1n) is 9.34. The summed E-state index contributed by atoms with van der Waals surface area (Å²) in [6.45, 7) is 5.76. The number of esters is 1. The van der Waals surface area contributed by atoms with Gasteiger partial charge < -0.3 is 9.30 Å². The van der Waals surface area contributed by atoms with Crippen LogP contribution < -0.4 is 0 Å². The van der Waals surface area contributed by atoms with E-state index in [-0.39, 0.29) is 5.97 Å². The molecule has 0 atom stereocenters. The van der Waals surface area contributed by atoms with Crippen LogP contribution in [-0.2, 0) is 17.8 Å². The van der Waals surface area contributed by atoms with E-state index in [2.05, 4.69) is 39.4 Å². The summed E-state index contributed by atoms with van der Waals surface area (Å²) in [5, 5.41) is 8.52. The number of hydrogen-bond acceptors (Lipinski definition) is 5. The van der Waals surface area contributed by atoms with Gasteiger partial charge in [-0.05, 0) is 31.7 Å². The Balaban J connectivity index is 1.60. The predicted molar refractivity (Wildman–Crippen MR) is 98.5 cm³/mol. The van der Waals surface area contributed by atoms with Crippen molar-refractivity contribution in [1.82, 2.24) is 19.7 Å². The number of hydrogen-bond donors (Lipinski definition) is 0. The van der Waals surface area contributed by atoms with Gasteiger partial charge in [0.15, 0.2) is 5.82 Å². The van der Waals surface area contributed by atoms with Gasteiger partial charge in [-0.3, -0.25) is 4.90 Å². The summed E-state index contributed by atoms with van der Waals surface area (Å²) in [5.74, 6) is 0.793. The maximum Gasteiger partial charge on any atom is 0.376 e. The molecule has 0 radical (unpaired) electrons. The van der Waals surface area contributed by atoms with E-state index in [1.54, 1.807) is 6.92 Å². The van der Waals surface area contributed by atoms with Gasteiger partial charge in [0.25, 0.3) is 0 Å². The van der Waals surface area contributed by atoms with E-state index in [0.29, 0.717) is 12.4 Å². The highest BCUT2D eigenvalue weighted by atomic mass is 16.5. The number of nitrogens with zero attached hydrogens (tertiary/aromatic N) is 4. The average molecular weight is 352 g/mol. The van der Waals surface area contributed by atoms with Gasteiger partial charge >= 0.3 is 5.97 Å². The van der Waals surface area contributed by atoms with Crippen LogP contribution in [0.15, 0.2) is 35.9 Å². The maximum absolute atomic E-state index is 12.2. The van der Waals surface area contributed by atoms with E-state index in [1.807, 2.05) is 10.6 Å². The molecular weight excluding hydrogens is 328 g/mol. The van der Waals surface area contributed by atoms with Crippen molar-refractivity contribution in [2.45, 2.75) is 39.3 Å². The largest absolute Gasteiger partial charge is 0.460 e. The van der Waals surface area contributed by atoms with Crippen LogP contribution in [0, 0.1) is 0 Å². The summed E-state index contributed by atoms with van der Waals surface area (Å²) in [4.78, 5) is 14.6. The Labute approximate surface area is 153 Å². The van der Waals surface area contributed by atoms with Crippen molar-refractivity contribution in [3.05, 3.63) is 53.1 Å². The van der Waals surface area contributed by atoms with Crippen molar-refractivity contribution in [2.75, 3.05) is 19.7 Å². The molecule has 0 aliphatic carbocycles. The monoisotopic (exact) mass is 352 g/mol. The van der Waals surface area contributed by atoms with E-state index in [4.69, 9.17) is 4.74 Å². The highest BCUT2D eigenvalue weighted by molar-refractivity contribution is 5.86. The fourth-order valence-electron chi connectivity index (χ4n) is 3.88. The zero-order valence-electron chi connectivity index (χ0n) is 15.1. The first kappa shape index (κ1) is 17.0. The van der Waals surface area contributed by atoms with Gasteiger partial charge in [-0.15, -0.1) is 10.2 Å². The van der Waals surface area contributed by atoms with E-state index < -0.39 is 0 Å². The molecule has 6 heteroatoms. The van der Waals surface area contributed by atoms with Gasteiger partial charge in [0, 0.05) is 31.8 Å². The molecule has 0 amide bonds. The molecule has 6 nitrogen and oxygen atoms in total. The number of benzene rings is 1. The standard InChI is InChI=1S/C20H24N4O2/c1-2-26-20(25)19-22-21-18-17-14-23(13-15-7-4-3-5-8-15)12-10-16(17)9-6-11-24(18)19/h3-5,7-8H,2,6,9-14H2,1H3. The molecule has 26 heavy (non-hydrogen) atoms. The summed E-state index contributed by atoms with van der Waals surface area (Å²) >= 11 is 0. The minimum absolute atomic E-state index is 0.329. The fraction of sp³-hybridized carbons (Fsp3) is 0.450. The third kappa shape index (κ3) is 3.29. The quantitative estimate of drug-likeness (QED) is 0.792. The summed E-state index contributed by atoms with van der Waals surface area (Å²) in [7, 11) is 0. The Morgan fingerprint density at radius 2 is 2.00 bits per heavy atom. The van der Waals surface area contributed by atoms with E-state index >= 15 is 0 Å². The number of carbonyl (C=O) groups is 1. The van der Waals surface area contributed by atoms with Gasteiger partial charge in [-0.1, -0.05) is 35.9 Å². The van der Waals surface area contributed by atoms with Crippen LogP contribution in [0.2, 0.25) is 0 Å². The zero-order chi connectivity index (χ0) is 17.9. The minimum atomic E-state index is -0.382. The normalized spacial score (nSPS) is 17.4. The van der Waals surface area contributed by atoms with Crippen molar-refractivity contribution in [2.24, 2.45) is 0 Å². The second-order valence-electron chi connectivity index (χ2n) is 6.85. The van der Waals surface area contributed by atoms with Crippen molar-refractivity contribution < 1.29 is 9.53 Å². The Hall–Kier alpha value is -2.47. The molecule has 2 aliphatic rings. The molecule has 1 aromatic carbocycles. The molecule has 0 spiro atoms. The number of carbonyl (C=O) groups excluding carboxylic acids is 1. The second-order valence-corrected chi connectivity index (χ2v) is 6.85. The predicted octanol–water partition coefficient (Wildman–Crippen LogP) is 2.91. The molecule has 0 bridgehead atoms. The van der Waals surface area contributed by atoms with Crippen LogP contribution >= 0.6 is 0 Å². The van der Waals surface area contributed by atoms with Crippen LogP contribution in [0.1, 0.15) is 48.2 Å². The molecule has 2 aliphatic heterocycles. The van der Waals surface area contributed by atoms with Gasteiger partial charge in [-0.2, -0.15) is 0 Å². The summed E-state index contributed by atoms with van der Waals surface area (Å²) in [6.07, 6.45) is 3.14. The first-order chi connectivity index (χ1) is 12.8. The molecule has 4 rings (SSSR count). The van der Waals surface area contributed by atoms with Gasteiger partial charge in [-0.25, -0.2) is 4.79 Å². The zero-order valence-corrected chi connectivity index (χ0v) is 15.1. The molecule has 0 fully saturated rings. The lowest BCUT2D eigenvalue weighted by molar-refractivity contribution is 0.0505. The van der Waals surface area contributed by atoms with E-state index in [0.717, 1.165) is 51.3 Å². The Morgan fingerprint density at radius 1 is 1.15 bits per heavy atom. The van der Waals surface area contributed by atoms with Gasteiger partial charge in [0.1, 0.15) is 0 Å². The maximum atomic E-state index is 12.2. The summed E-state index contributed by atoms with van der Waals surface area (Å²) in [5.41, 5.74) is 4.03. The average Bonchev–Trinajstić information content (AvgIpc) is 2.99. The number of ether oxygens (including phenoxy) is 1. The van der Waals surface area contributed by atoms with Crippen molar-refractivity contribution in [3.63, 3.8) is 0 Å². The topological polar surface area (TPSA) is 60.2 Å². The third-order valence-electron chi connectivity index (χ3n) is 5.13. The van der Waals surface area contributed by atoms with Crippen molar-refractivity contribution in [3.8, 4) is 0 Å². The van der Waals surface area contributed by atoms with Crippen molar-refractivity contribution >= 4 is 11.5 Å². The van der Waals surface area contributed by atoms with Crippen LogP contribution in [0.25, 0.3) is 5.57 Å². The Kier molecular flexibility index (Phi) is 4.84. The van der Waals surface area contributed by atoms with Gasteiger partial charge in [0.05, 0.1) is 6.61 Å². The summed E-state index contributed by atoms with van der Waals surface area (Å²) < 4.78 is 7.09. The highest BCUT2D eigenvalue weighted by Gasteiger charge is 2.29. The summed E-state index contributed by atoms with van der Waals surface area (Å²) in [6, 6.07) is 10.5. The molecular formula is C20H24N4O2.